The van der Waals surface area contributed by atoms with Crippen molar-refractivity contribution >= 4 is 5.57 Å². The molecule has 0 atom stereocenters. The van der Waals surface area contributed by atoms with Crippen LogP contribution in [0.1, 0.15) is 12.6 Å². The van der Waals surface area contributed by atoms with Gasteiger partial charge in [0.25, 0.3) is 0 Å². The second-order valence-corrected chi connectivity index (χ2v) is 2.66. The molecule has 0 aromatic carbocycles. The van der Waals surface area contributed by atoms with Crippen molar-refractivity contribution < 1.29 is 0 Å². The van der Waals surface area contributed by atoms with Gasteiger partial charge in [0.15, 0.2) is 0 Å². The van der Waals surface area contributed by atoms with Gasteiger partial charge in [-0.3, -0.25) is 4.98 Å². The maximum atomic E-state index is 4.24. The van der Waals surface area contributed by atoms with Crippen LogP contribution in [0.4, 0.5) is 0 Å². The van der Waals surface area contributed by atoms with Gasteiger partial charge in [-0.15, -0.1) is 0 Å². The number of hydrogen-bond acceptors (Lipinski definition) is 2. The van der Waals surface area contributed by atoms with Crippen molar-refractivity contribution in [3.63, 3.8) is 0 Å². The average Bonchev–Trinajstić information content (AvgIpc) is 2.15. The Labute approximate surface area is 73.3 Å². The van der Waals surface area contributed by atoms with Gasteiger partial charge in [0, 0.05) is 12.7 Å². The number of nitrogens with one attached hydrogen (secondary N) is 1. The van der Waals surface area contributed by atoms with Crippen molar-refractivity contribution in [1.82, 2.24) is 10.3 Å². The van der Waals surface area contributed by atoms with Crippen molar-refractivity contribution in [3.8, 4) is 0 Å². The van der Waals surface area contributed by atoms with E-state index in [1.165, 1.54) is 5.57 Å². The van der Waals surface area contributed by atoms with Gasteiger partial charge in [0.05, 0.1) is 5.69 Å². The van der Waals surface area contributed by atoms with E-state index in [9.17, 15) is 0 Å². The van der Waals surface area contributed by atoms with Crippen molar-refractivity contribution in [2.24, 2.45) is 0 Å². The lowest BCUT2D eigenvalue weighted by atomic mass is 10.2. The molecule has 2 heteroatoms. The smallest absolute Gasteiger partial charge is 0.0656 e. The van der Waals surface area contributed by atoms with E-state index in [-0.39, 0.29) is 0 Å². The van der Waals surface area contributed by atoms with Gasteiger partial charge >= 0.3 is 0 Å². The number of nitrogens with zero attached hydrogens (tertiary/aromatic N) is 1. The van der Waals surface area contributed by atoms with Crippen LogP contribution >= 0.6 is 0 Å². The first-order chi connectivity index (χ1) is 5.84. The SMILES string of the molecule is CNC/C=C(/C)c1ccccn1. The first kappa shape index (κ1) is 8.94. The summed E-state index contributed by atoms with van der Waals surface area (Å²) in [6.07, 6.45) is 3.94. The van der Waals surface area contributed by atoms with Crippen LogP contribution in [-0.4, -0.2) is 18.6 Å². The molecule has 0 amide bonds. The Morgan fingerprint density at radius 2 is 2.42 bits per heavy atom. The van der Waals surface area contributed by atoms with Gasteiger partial charge in [-0.2, -0.15) is 0 Å². The van der Waals surface area contributed by atoms with E-state index in [2.05, 4.69) is 23.3 Å². The second-order valence-electron chi connectivity index (χ2n) is 2.66. The molecule has 0 saturated heterocycles. The molecule has 0 aliphatic carbocycles. The highest BCUT2D eigenvalue weighted by Gasteiger charge is 1.92. The zero-order chi connectivity index (χ0) is 8.81. The van der Waals surface area contributed by atoms with Crippen molar-refractivity contribution in [2.45, 2.75) is 6.92 Å². The maximum Gasteiger partial charge on any atom is 0.0656 e. The number of rotatable bonds is 3. The summed E-state index contributed by atoms with van der Waals surface area (Å²) >= 11 is 0. The van der Waals surface area contributed by atoms with Gasteiger partial charge in [0.1, 0.15) is 0 Å². The first-order valence-corrected chi connectivity index (χ1v) is 4.07. The van der Waals surface area contributed by atoms with E-state index in [0.717, 1.165) is 12.2 Å². The highest BCUT2D eigenvalue weighted by atomic mass is 14.8. The van der Waals surface area contributed by atoms with Crippen molar-refractivity contribution in [2.75, 3.05) is 13.6 Å². The summed E-state index contributed by atoms with van der Waals surface area (Å²) in [5.41, 5.74) is 2.26. The van der Waals surface area contributed by atoms with E-state index in [0.29, 0.717) is 0 Å². The summed E-state index contributed by atoms with van der Waals surface area (Å²) in [5, 5.41) is 3.06. The third kappa shape index (κ3) is 2.47. The Morgan fingerprint density at radius 1 is 1.58 bits per heavy atom. The quantitative estimate of drug-likeness (QED) is 0.731. The number of allylic oxidation sites excluding steroid dienone is 1. The standard InChI is InChI=1S/C10H14N2/c1-9(6-8-11-2)10-5-3-4-7-12-10/h3-7,11H,8H2,1-2H3/b9-6-. The summed E-state index contributed by atoms with van der Waals surface area (Å²) in [7, 11) is 1.93. The zero-order valence-electron chi connectivity index (χ0n) is 7.54. The lowest BCUT2D eigenvalue weighted by Gasteiger charge is -1.98. The molecule has 2 nitrogen and oxygen atoms in total. The molecule has 0 aliphatic rings. The predicted octanol–water partition coefficient (Wildman–Crippen LogP) is 1.70. The Bertz CT molecular complexity index is 252. The minimum Gasteiger partial charge on any atom is -0.316 e. The van der Waals surface area contributed by atoms with Crippen LogP contribution < -0.4 is 5.32 Å². The molecule has 12 heavy (non-hydrogen) atoms. The Kier molecular flexibility index (Phi) is 3.48. The molecule has 0 saturated carbocycles. The topological polar surface area (TPSA) is 24.9 Å². The summed E-state index contributed by atoms with van der Waals surface area (Å²) in [6, 6.07) is 5.94. The summed E-state index contributed by atoms with van der Waals surface area (Å²) in [6.45, 7) is 2.96. The molecule has 1 aromatic rings. The second kappa shape index (κ2) is 4.67. The zero-order valence-corrected chi connectivity index (χ0v) is 7.54. The van der Waals surface area contributed by atoms with Crippen LogP contribution in [-0.2, 0) is 0 Å². The predicted molar refractivity (Wildman–Crippen MR) is 51.8 cm³/mol. The Hall–Kier alpha value is -1.15. The molecule has 0 fully saturated rings. The van der Waals surface area contributed by atoms with E-state index in [1.54, 1.807) is 0 Å². The molecule has 1 N–H and O–H groups in total. The van der Waals surface area contributed by atoms with Crippen LogP contribution in [0, 0.1) is 0 Å². The number of pyridine rings is 1. The van der Waals surface area contributed by atoms with Crippen LogP contribution in [0.3, 0.4) is 0 Å². The molecule has 64 valence electrons. The van der Waals surface area contributed by atoms with Gasteiger partial charge in [0.2, 0.25) is 0 Å². The van der Waals surface area contributed by atoms with E-state index < -0.39 is 0 Å². The molecular formula is C10H14N2. The lowest BCUT2D eigenvalue weighted by molar-refractivity contribution is 0.919. The van der Waals surface area contributed by atoms with Gasteiger partial charge in [-0.05, 0) is 31.7 Å². The summed E-state index contributed by atoms with van der Waals surface area (Å²) in [5.74, 6) is 0. The Morgan fingerprint density at radius 3 is 3.00 bits per heavy atom. The van der Waals surface area contributed by atoms with E-state index >= 15 is 0 Å². The molecule has 1 heterocycles. The van der Waals surface area contributed by atoms with Gasteiger partial charge in [-0.1, -0.05) is 12.1 Å². The molecule has 0 aliphatic heterocycles. The molecule has 0 radical (unpaired) electrons. The van der Waals surface area contributed by atoms with Crippen LogP contribution in [0.15, 0.2) is 30.5 Å². The first-order valence-electron chi connectivity index (χ1n) is 4.07. The maximum absolute atomic E-state index is 4.24. The molecular weight excluding hydrogens is 148 g/mol. The molecule has 1 rings (SSSR count). The molecule has 1 aromatic heterocycles. The minimum absolute atomic E-state index is 0.891. The van der Waals surface area contributed by atoms with Gasteiger partial charge in [-0.25, -0.2) is 0 Å². The fraction of sp³-hybridized carbons (Fsp3) is 0.300. The highest BCUT2D eigenvalue weighted by molar-refractivity contribution is 5.60. The number of likely N-dealkylation sites (N-methyl/N-ethyl adjacent to an activating group) is 1. The van der Waals surface area contributed by atoms with Crippen LogP contribution in [0.2, 0.25) is 0 Å². The van der Waals surface area contributed by atoms with Gasteiger partial charge < -0.3 is 5.32 Å². The monoisotopic (exact) mass is 162 g/mol. The number of hydrogen-bond donors (Lipinski definition) is 1. The van der Waals surface area contributed by atoms with Crippen molar-refractivity contribution in [1.29, 1.82) is 0 Å². The average molecular weight is 162 g/mol. The fourth-order valence-corrected chi connectivity index (χ4v) is 0.956. The minimum atomic E-state index is 0.891. The van der Waals surface area contributed by atoms with E-state index in [4.69, 9.17) is 0 Å². The third-order valence-corrected chi connectivity index (χ3v) is 1.68. The van der Waals surface area contributed by atoms with Crippen molar-refractivity contribution in [3.05, 3.63) is 36.2 Å². The van der Waals surface area contributed by atoms with Crippen LogP contribution in [0.25, 0.3) is 5.57 Å². The summed E-state index contributed by atoms with van der Waals surface area (Å²) < 4.78 is 0. The lowest BCUT2D eigenvalue weighted by Crippen LogP contribution is -2.04. The highest BCUT2D eigenvalue weighted by Crippen LogP contribution is 2.08. The normalized spacial score (nSPS) is 11.7. The number of aromatic nitrogens is 1. The largest absolute Gasteiger partial charge is 0.316 e. The molecule has 0 unspecified atom stereocenters. The summed E-state index contributed by atoms with van der Waals surface area (Å²) in [4.78, 5) is 4.24. The molecule has 0 spiro atoms. The third-order valence-electron chi connectivity index (χ3n) is 1.68. The Balaban J connectivity index is 2.71. The van der Waals surface area contributed by atoms with E-state index in [1.807, 2.05) is 31.4 Å². The fourth-order valence-electron chi connectivity index (χ4n) is 0.956. The van der Waals surface area contributed by atoms with Crippen LogP contribution in [0.5, 0.6) is 0 Å². The molecule has 0 bridgehead atoms.